The molecule has 3 rings (SSSR count). The maximum absolute atomic E-state index is 9.16. The number of rotatable bonds is 2. The summed E-state index contributed by atoms with van der Waals surface area (Å²) >= 11 is 0. The van der Waals surface area contributed by atoms with Crippen molar-refractivity contribution < 1.29 is 0 Å². The van der Waals surface area contributed by atoms with Gasteiger partial charge < -0.3 is 4.57 Å². The first-order chi connectivity index (χ1) is 9.69. The number of fused-ring (bicyclic) bond motifs is 1. The van der Waals surface area contributed by atoms with Gasteiger partial charge in [0.15, 0.2) is 0 Å². The van der Waals surface area contributed by atoms with E-state index in [1.807, 2.05) is 24.3 Å². The second kappa shape index (κ2) is 5.10. The van der Waals surface area contributed by atoms with Crippen molar-refractivity contribution in [3.63, 3.8) is 0 Å². The zero-order valence-corrected chi connectivity index (χ0v) is 11.9. The van der Waals surface area contributed by atoms with Gasteiger partial charge >= 0.3 is 0 Å². The fourth-order valence-corrected chi connectivity index (χ4v) is 2.80. The van der Waals surface area contributed by atoms with Crippen LogP contribution in [0, 0.1) is 25.2 Å². The van der Waals surface area contributed by atoms with Gasteiger partial charge in [-0.2, -0.15) is 5.26 Å². The van der Waals surface area contributed by atoms with Gasteiger partial charge in [-0.05, 0) is 25.5 Å². The van der Waals surface area contributed by atoms with Crippen molar-refractivity contribution in [2.24, 2.45) is 0 Å². The number of aromatic nitrogens is 2. The number of benzene rings is 1. The van der Waals surface area contributed by atoms with E-state index in [-0.39, 0.29) is 0 Å². The molecule has 1 aliphatic heterocycles. The predicted octanol–water partition coefficient (Wildman–Crippen LogP) is 2.39. The van der Waals surface area contributed by atoms with Crippen LogP contribution in [0.15, 0.2) is 24.3 Å². The van der Waals surface area contributed by atoms with Gasteiger partial charge in [0.1, 0.15) is 5.82 Å². The molecular weight excluding hydrogens is 248 g/mol. The lowest BCUT2D eigenvalue weighted by Crippen LogP contribution is -2.33. The molecule has 2 heterocycles. The van der Waals surface area contributed by atoms with Gasteiger partial charge in [-0.15, -0.1) is 0 Å². The average Bonchev–Trinajstić information content (AvgIpc) is 2.74. The average molecular weight is 266 g/mol. The maximum atomic E-state index is 9.16. The van der Waals surface area contributed by atoms with Crippen LogP contribution in [0.5, 0.6) is 0 Å². The highest BCUT2D eigenvalue weighted by Crippen LogP contribution is 2.19. The molecule has 1 aromatic carbocycles. The van der Waals surface area contributed by atoms with Crippen molar-refractivity contribution in [1.29, 1.82) is 5.26 Å². The van der Waals surface area contributed by atoms with Gasteiger partial charge in [0.25, 0.3) is 0 Å². The van der Waals surface area contributed by atoms with E-state index in [0.717, 1.165) is 48.8 Å². The molecule has 20 heavy (non-hydrogen) atoms. The summed E-state index contributed by atoms with van der Waals surface area (Å²) in [4.78, 5) is 7.00. The molecule has 2 aromatic rings. The van der Waals surface area contributed by atoms with Gasteiger partial charge in [-0.1, -0.05) is 18.2 Å². The van der Waals surface area contributed by atoms with E-state index in [2.05, 4.69) is 34.4 Å². The van der Waals surface area contributed by atoms with Gasteiger partial charge in [0, 0.05) is 25.3 Å². The zero-order chi connectivity index (χ0) is 14.1. The molecule has 4 heteroatoms. The Labute approximate surface area is 119 Å². The highest BCUT2D eigenvalue weighted by atomic mass is 15.2. The Morgan fingerprint density at radius 1 is 1.25 bits per heavy atom. The molecule has 0 aliphatic carbocycles. The van der Waals surface area contributed by atoms with Crippen LogP contribution < -0.4 is 0 Å². The van der Waals surface area contributed by atoms with E-state index in [0.29, 0.717) is 0 Å². The van der Waals surface area contributed by atoms with Crippen LogP contribution in [0.1, 0.15) is 28.3 Å². The first kappa shape index (κ1) is 12.9. The molecule has 0 saturated carbocycles. The molecule has 0 fully saturated rings. The van der Waals surface area contributed by atoms with Crippen molar-refractivity contribution in [1.82, 2.24) is 14.5 Å². The lowest BCUT2D eigenvalue weighted by Gasteiger charge is -2.28. The van der Waals surface area contributed by atoms with Crippen molar-refractivity contribution >= 4 is 0 Å². The fraction of sp³-hybridized carbons (Fsp3) is 0.375. The summed E-state index contributed by atoms with van der Waals surface area (Å²) in [5.41, 5.74) is 4.27. The van der Waals surface area contributed by atoms with Crippen LogP contribution in [-0.4, -0.2) is 21.0 Å². The van der Waals surface area contributed by atoms with Crippen molar-refractivity contribution in [3.8, 4) is 6.07 Å². The Morgan fingerprint density at radius 2 is 2.05 bits per heavy atom. The molecule has 0 radical (unpaired) electrons. The lowest BCUT2D eigenvalue weighted by molar-refractivity contribution is 0.207. The summed E-state index contributed by atoms with van der Waals surface area (Å²) in [5.74, 6) is 1.14. The number of nitriles is 1. The summed E-state index contributed by atoms with van der Waals surface area (Å²) in [5, 5.41) is 9.16. The minimum absolute atomic E-state index is 0.772. The molecule has 0 atom stereocenters. The van der Waals surface area contributed by atoms with Crippen LogP contribution in [0.4, 0.5) is 0 Å². The first-order valence-electron chi connectivity index (χ1n) is 6.92. The largest absolute Gasteiger partial charge is 0.330 e. The van der Waals surface area contributed by atoms with E-state index < -0.39 is 0 Å². The predicted molar refractivity (Wildman–Crippen MR) is 77.0 cm³/mol. The quantitative estimate of drug-likeness (QED) is 0.838. The molecule has 0 saturated heterocycles. The monoisotopic (exact) mass is 266 g/mol. The van der Waals surface area contributed by atoms with Crippen molar-refractivity contribution in [3.05, 3.63) is 52.6 Å². The third-order valence-corrected chi connectivity index (χ3v) is 4.07. The Kier molecular flexibility index (Phi) is 3.29. The van der Waals surface area contributed by atoms with E-state index in [1.165, 1.54) is 5.69 Å². The summed E-state index contributed by atoms with van der Waals surface area (Å²) in [7, 11) is 0. The summed E-state index contributed by atoms with van der Waals surface area (Å²) in [6, 6.07) is 10.1. The molecule has 102 valence electrons. The van der Waals surface area contributed by atoms with Gasteiger partial charge in [-0.25, -0.2) is 4.98 Å². The highest BCUT2D eigenvalue weighted by molar-refractivity contribution is 5.37. The van der Waals surface area contributed by atoms with Crippen LogP contribution in [-0.2, 0) is 19.6 Å². The van der Waals surface area contributed by atoms with Crippen molar-refractivity contribution in [2.75, 3.05) is 6.54 Å². The molecular formula is C16H18N4. The number of imidazole rings is 1. The second-order valence-corrected chi connectivity index (χ2v) is 5.33. The Balaban J connectivity index is 1.80. The summed E-state index contributed by atoms with van der Waals surface area (Å²) in [6.07, 6.45) is 0. The minimum atomic E-state index is 0.772. The molecule has 0 amide bonds. The SMILES string of the molecule is Cc1nc2n(c1C)CCN(Cc1ccccc1C#N)C2. The van der Waals surface area contributed by atoms with Crippen LogP contribution in [0.3, 0.4) is 0 Å². The maximum Gasteiger partial charge on any atom is 0.123 e. The topological polar surface area (TPSA) is 44.9 Å². The van der Waals surface area contributed by atoms with Gasteiger partial charge in [0.2, 0.25) is 0 Å². The highest BCUT2D eigenvalue weighted by Gasteiger charge is 2.20. The number of hydrogen-bond donors (Lipinski definition) is 0. The third-order valence-electron chi connectivity index (χ3n) is 4.07. The molecule has 0 N–H and O–H groups in total. The summed E-state index contributed by atoms with van der Waals surface area (Å²) in [6.45, 7) is 7.85. The standard InChI is InChI=1S/C16H18N4/c1-12-13(2)20-8-7-19(11-16(20)18-12)10-15-6-4-3-5-14(15)9-17/h3-6H,7-8,10-11H2,1-2H3. The van der Waals surface area contributed by atoms with Crippen LogP contribution in [0.2, 0.25) is 0 Å². The lowest BCUT2D eigenvalue weighted by atomic mass is 10.1. The molecule has 0 unspecified atom stereocenters. The van der Waals surface area contributed by atoms with Gasteiger partial charge in [0.05, 0.1) is 23.9 Å². The zero-order valence-electron chi connectivity index (χ0n) is 11.9. The molecule has 0 spiro atoms. The van der Waals surface area contributed by atoms with E-state index in [4.69, 9.17) is 5.26 Å². The minimum Gasteiger partial charge on any atom is -0.330 e. The summed E-state index contributed by atoms with van der Waals surface area (Å²) < 4.78 is 2.31. The van der Waals surface area contributed by atoms with Crippen molar-refractivity contribution in [2.45, 2.75) is 33.5 Å². The normalized spacial score (nSPS) is 14.8. The number of hydrogen-bond acceptors (Lipinski definition) is 3. The fourth-order valence-electron chi connectivity index (χ4n) is 2.80. The van der Waals surface area contributed by atoms with E-state index >= 15 is 0 Å². The van der Waals surface area contributed by atoms with E-state index in [9.17, 15) is 0 Å². The molecule has 1 aromatic heterocycles. The molecule has 1 aliphatic rings. The van der Waals surface area contributed by atoms with Crippen LogP contribution >= 0.6 is 0 Å². The van der Waals surface area contributed by atoms with Gasteiger partial charge in [-0.3, -0.25) is 4.90 Å². The second-order valence-electron chi connectivity index (χ2n) is 5.33. The van der Waals surface area contributed by atoms with E-state index in [1.54, 1.807) is 0 Å². The Hall–Kier alpha value is -2.12. The smallest absolute Gasteiger partial charge is 0.123 e. The van der Waals surface area contributed by atoms with Crippen LogP contribution in [0.25, 0.3) is 0 Å². The molecule has 4 nitrogen and oxygen atoms in total. The first-order valence-corrected chi connectivity index (χ1v) is 6.92. The number of nitrogens with zero attached hydrogens (tertiary/aromatic N) is 4. The Morgan fingerprint density at radius 3 is 2.85 bits per heavy atom. The number of aryl methyl sites for hydroxylation is 1. The third kappa shape index (κ3) is 2.21. The molecule has 0 bridgehead atoms. The Bertz CT molecular complexity index is 678.